The maximum absolute atomic E-state index is 13.5. The second kappa shape index (κ2) is 10.6. The molecule has 0 aromatic carbocycles. The highest BCUT2D eigenvalue weighted by molar-refractivity contribution is 5.92. The largest absolute Gasteiger partial charge is 0.462 e. The summed E-state index contributed by atoms with van der Waals surface area (Å²) in [5.74, 6) is 1.40. The molecule has 9 unspecified atom stereocenters. The average molecular weight is 514 g/mol. The summed E-state index contributed by atoms with van der Waals surface area (Å²) in [4.78, 5) is 49.5. The minimum atomic E-state index is -0.253. The first-order valence-electron chi connectivity index (χ1n) is 14.5. The number of Topliss-reactive ketones (excluding diaryl/α,β-unsaturated/α-hetero) is 2. The Labute approximate surface area is 222 Å². The minimum absolute atomic E-state index is 0.00695. The number of ether oxygens (including phenoxy) is 1. The molecule has 0 saturated heterocycles. The van der Waals surface area contributed by atoms with Crippen LogP contribution < -0.4 is 5.32 Å². The summed E-state index contributed by atoms with van der Waals surface area (Å²) in [5, 5.41) is 2.83. The molecule has 4 rings (SSSR count). The van der Waals surface area contributed by atoms with E-state index in [9.17, 15) is 19.2 Å². The number of amides is 1. The number of allylic oxidation sites excluding steroid dienone is 1. The highest BCUT2D eigenvalue weighted by atomic mass is 16.5. The Morgan fingerprint density at radius 1 is 1.08 bits per heavy atom. The summed E-state index contributed by atoms with van der Waals surface area (Å²) in [5.41, 5.74) is 1.45. The summed E-state index contributed by atoms with van der Waals surface area (Å²) < 4.78 is 5.57. The van der Waals surface area contributed by atoms with E-state index >= 15 is 0 Å². The van der Waals surface area contributed by atoms with Crippen LogP contribution in [-0.2, 0) is 23.9 Å². The fourth-order valence-corrected chi connectivity index (χ4v) is 8.86. The number of carbonyl (C=O) groups excluding carboxylic acids is 4. The Hall–Kier alpha value is -1.98. The lowest BCUT2D eigenvalue weighted by atomic mass is 9.47. The zero-order chi connectivity index (χ0) is 27.1. The minimum Gasteiger partial charge on any atom is -0.462 e. The molecule has 9 atom stereocenters. The number of hydrogen-bond donors (Lipinski definition) is 1. The number of fused-ring (bicyclic) bond motifs is 5. The second-order valence-corrected chi connectivity index (χ2v) is 13.3. The molecule has 6 nitrogen and oxygen atoms in total. The maximum atomic E-state index is 13.5. The summed E-state index contributed by atoms with van der Waals surface area (Å²) in [6.07, 6.45) is 10.1. The van der Waals surface area contributed by atoms with E-state index in [0.29, 0.717) is 42.9 Å². The van der Waals surface area contributed by atoms with Gasteiger partial charge in [-0.3, -0.25) is 19.2 Å². The lowest BCUT2D eigenvalue weighted by Gasteiger charge is -2.58. The highest BCUT2D eigenvalue weighted by Crippen LogP contribution is 2.66. The fourth-order valence-electron chi connectivity index (χ4n) is 8.86. The van der Waals surface area contributed by atoms with Gasteiger partial charge in [0, 0.05) is 51.5 Å². The van der Waals surface area contributed by atoms with Gasteiger partial charge < -0.3 is 10.1 Å². The molecule has 4 aliphatic rings. The lowest BCUT2D eigenvalue weighted by molar-refractivity contribution is -0.148. The molecule has 37 heavy (non-hydrogen) atoms. The standard InChI is InChI=1S/C31H47NO5/c1-18(17-32-20(3)33)7-10-27(35)19(2)29-28(36)16-26-24-9-8-22-15-23(37-21(4)34)11-13-30(22,5)25(24)12-14-31(26,29)6/h8,18-19,23-26,29H,7,9-17H2,1-6H3,(H,32,33). The van der Waals surface area contributed by atoms with Crippen LogP contribution in [0.4, 0.5) is 0 Å². The van der Waals surface area contributed by atoms with E-state index in [2.05, 4.69) is 32.2 Å². The van der Waals surface area contributed by atoms with Gasteiger partial charge in [0.2, 0.25) is 5.91 Å². The monoisotopic (exact) mass is 513 g/mol. The van der Waals surface area contributed by atoms with Crippen LogP contribution in [-0.4, -0.2) is 36.1 Å². The molecule has 0 bridgehead atoms. The van der Waals surface area contributed by atoms with Crippen LogP contribution in [0.1, 0.15) is 99.3 Å². The SMILES string of the molecule is CC(=O)NCC(C)CCC(=O)C(C)C1C(=O)CC2C3CC=C4CC(OC(C)=O)CCC4(C)C3CCC21C. The van der Waals surface area contributed by atoms with Crippen LogP contribution in [0.15, 0.2) is 11.6 Å². The zero-order valence-corrected chi connectivity index (χ0v) is 23.7. The third kappa shape index (κ3) is 5.31. The van der Waals surface area contributed by atoms with Crippen LogP contribution >= 0.6 is 0 Å². The third-order valence-electron chi connectivity index (χ3n) is 10.9. The van der Waals surface area contributed by atoms with Gasteiger partial charge in [0.15, 0.2) is 0 Å². The summed E-state index contributed by atoms with van der Waals surface area (Å²) in [7, 11) is 0. The molecule has 3 saturated carbocycles. The van der Waals surface area contributed by atoms with E-state index in [1.807, 2.05) is 6.92 Å². The average Bonchev–Trinajstić information content (AvgIpc) is 3.10. The van der Waals surface area contributed by atoms with Gasteiger partial charge in [0.05, 0.1) is 0 Å². The van der Waals surface area contributed by atoms with E-state index < -0.39 is 0 Å². The van der Waals surface area contributed by atoms with Crippen molar-refractivity contribution < 1.29 is 23.9 Å². The second-order valence-electron chi connectivity index (χ2n) is 13.3. The molecule has 1 N–H and O–H groups in total. The molecule has 0 aliphatic heterocycles. The van der Waals surface area contributed by atoms with Crippen LogP contribution in [0.25, 0.3) is 0 Å². The Kier molecular flexibility index (Phi) is 8.07. The van der Waals surface area contributed by atoms with Gasteiger partial charge in [-0.2, -0.15) is 0 Å². The van der Waals surface area contributed by atoms with Gasteiger partial charge in [0.25, 0.3) is 0 Å². The molecule has 0 spiro atoms. The molecule has 1 amide bonds. The predicted octanol–water partition coefficient (Wildman–Crippen LogP) is 5.43. The molecule has 0 radical (unpaired) electrons. The summed E-state index contributed by atoms with van der Waals surface area (Å²) in [6.45, 7) is 12.3. The summed E-state index contributed by atoms with van der Waals surface area (Å²) >= 11 is 0. The van der Waals surface area contributed by atoms with Gasteiger partial charge >= 0.3 is 5.97 Å². The third-order valence-corrected chi connectivity index (χ3v) is 10.9. The first kappa shape index (κ1) is 28.0. The van der Waals surface area contributed by atoms with Crippen molar-refractivity contribution in [1.82, 2.24) is 5.32 Å². The Morgan fingerprint density at radius 3 is 2.49 bits per heavy atom. The molecule has 0 aromatic heterocycles. The number of rotatable bonds is 8. The number of nitrogens with one attached hydrogen (secondary N) is 1. The quantitative estimate of drug-likeness (QED) is 0.345. The van der Waals surface area contributed by atoms with Crippen molar-refractivity contribution >= 4 is 23.4 Å². The van der Waals surface area contributed by atoms with Crippen molar-refractivity contribution in [2.24, 2.45) is 46.3 Å². The van der Waals surface area contributed by atoms with E-state index in [4.69, 9.17) is 4.74 Å². The van der Waals surface area contributed by atoms with Crippen molar-refractivity contribution in [3.05, 3.63) is 11.6 Å². The van der Waals surface area contributed by atoms with Crippen LogP contribution in [0, 0.1) is 46.3 Å². The van der Waals surface area contributed by atoms with Crippen molar-refractivity contribution in [2.75, 3.05) is 6.54 Å². The maximum Gasteiger partial charge on any atom is 0.302 e. The van der Waals surface area contributed by atoms with Crippen LogP contribution in [0.5, 0.6) is 0 Å². The number of esters is 1. The van der Waals surface area contributed by atoms with Crippen molar-refractivity contribution in [1.29, 1.82) is 0 Å². The Morgan fingerprint density at radius 2 is 1.81 bits per heavy atom. The molecular weight excluding hydrogens is 466 g/mol. The zero-order valence-electron chi connectivity index (χ0n) is 23.7. The van der Waals surface area contributed by atoms with Crippen molar-refractivity contribution in [2.45, 2.75) is 105 Å². The number of ketones is 2. The normalized spacial score (nSPS) is 38.4. The van der Waals surface area contributed by atoms with Crippen molar-refractivity contribution in [3.63, 3.8) is 0 Å². The van der Waals surface area contributed by atoms with Crippen LogP contribution in [0.2, 0.25) is 0 Å². The van der Waals surface area contributed by atoms with Crippen molar-refractivity contribution in [3.8, 4) is 0 Å². The van der Waals surface area contributed by atoms with Gasteiger partial charge in [-0.05, 0) is 73.0 Å². The lowest BCUT2D eigenvalue weighted by Crippen LogP contribution is -2.51. The Balaban J connectivity index is 1.45. The molecule has 6 heteroatoms. The predicted molar refractivity (Wildman–Crippen MR) is 142 cm³/mol. The first-order chi connectivity index (χ1) is 17.4. The summed E-state index contributed by atoms with van der Waals surface area (Å²) in [6, 6.07) is 0. The van der Waals surface area contributed by atoms with Gasteiger partial charge in [0.1, 0.15) is 17.7 Å². The van der Waals surface area contributed by atoms with E-state index in [1.165, 1.54) is 19.4 Å². The Bertz CT molecular complexity index is 971. The molecule has 3 fully saturated rings. The molecular formula is C31H47NO5. The van der Waals surface area contributed by atoms with Gasteiger partial charge in [-0.15, -0.1) is 0 Å². The van der Waals surface area contributed by atoms with E-state index in [0.717, 1.165) is 44.9 Å². The number of carbonyl (C=O) groups is 4. The molecule has 0 heterocycles. The van der Waals surface area contributed by atoms with Crippen LogP contribution in [0.3, 0.4) is 0 Å². The molecule has 4 aliphatic carbocycles. The topological polar surface area (TPSA) is 89.5 Å². The van der Waals surface area contributed by atoms with Gasteiger partial charge in [-0.25, -0.2) is 0 Å². The van der Waals surface area contributed by atoms with Gasteiger partial charge in [-0.1, -0.05) is 39.3 Å². The molecule has 206 valence electrons. The van der Waals surface area contributed by atoms with E-state index in [-0.39, 0.29) is 52.3 Å². The smallest absolute Gasteiger partial charge is 0.302 e. The fraction of sp³-hybridized carbons (Fsp3) is 0.806. The van der Waals surface area contributed by atoms with E-state index in [1.54, 1.807) is 0 Å². The number of hydrogen-bond acceptors (Lipinski definition) is 5. The highest BCUT2D eigenvalue weighted by Gasteiger charge is 2.62. The first-order valence-corrected chi connectivity index (χ1v) is 14.5. The molecule has 0 aromatic rings.